The van der Waals surface area contributed by atoms with E-state index in [1.807, 2.05) is 25.1 Å². The standard InChI is InChI=1S/C12H12Cl2N2O/c1-8(15-7-10-4-5-16-17-10)11-3-2-9(13)6-12(11)14/h2-6,8,15H,7H2,1H3. The SMILES string of the molecule is CC(NCc1ccno1)c1ccc(Cl)cc1Cl. The normalized spacial score (nSPS) is 12.6. The van der Waals surface area contributed by atoms with E-state index in [0.29, 0.717) is 16.6 Å². The Morgan fingerprint density at radius 2 is 2.18 bits per heavy atom. The van der Waals surface area contributed by atoms with Crippen molar-refractivity contribution in [2.75, 3.05) is 0 Å². The van der Waals surface area contributed by atoms with E-state index < -0.39 is 0 Å². The van der Waals surface area contributed by atoms with Gasteiger partial charge in [0.05, 0.1) is 12.7 Å². The summed E-state index contributed by atoms with van der Waals surface area (Å²) in [6.07, 6.45) is 1.62. The smallest absolute Gasteiger partial charge is 0.150 e. The maximum atomic E-state index is 6.12. The average molecular weight is 271 g/mol. The highest BCUT2D eigenvalue weighted by atomic mass is 35.5. The average Bonchev–Trinajstić information content (AvgIpc) is 2.78. The van der Waals surface area contributed by atoms with Crippen LogP contribution in [0.3, 0.4) is 0 Å². The molecule has 1 aromatic carbocycles. The molecular weight excluding hydrogens is 259 g/mol. The second-order valence-electron chi connectivity index (χ2n) is 3.75. The molecule has 0 aliphatic heterocycles. The summed E-state index contributed by atoms with van der Waals surface area (Å²) >= 11 is 12.0. The molecular formula is C12H12Cl2N2O. The molecule has 17 heavy (non-hydrogen) atoms. The van der Waals surface area contributed by atoms with Crippen molar-refractivity contribution >= 4 is 23.2 Å². The van der Waals surface area contributed by atoms with Gasteiger partial charge in [0.2, 0.25) is 0 Å². The number of hydrogen-bond donors (Lipinski definition) is 1. The maximum Gasteiger partial charge on any atom is 0.150 e. The van der Waals surface area contributed by atoms with Crippen LogP contribution in [0.2, 0.25) is 10.0 Å². The first kappa shape index (κ1) is 12.4. The fourth-order valence-corrected chi connectivity index (χ4v) is 2.12. The fraction of sp³-hybridized carbons (Fsp3) is 0.250. The van der Waals surface area contributed by atoms with Crippen LogP contribution in [0.15, 0.2) is 35.0 Å². The van der Waals surface area contributed by atoms with Crippen molar-refractivity contribution in [3.8, 4) is 0 Å². The van der Waals surface area contributed by atoms with Gasteiger partial charge in [-0.1, -0.05) is 34.4 Å². The fourth-order valence-electron chi connectivity index (χ4n) is 1.55. The molecule has 0 fully saturated rings. The van der Waals surface area contributed by atoms with Crippen LogP contribution < -0.4 is 5.32 Å². The Labute approximate surface area is 110 Å². The van der Waals surface area contributed by atoms with Gasteiger partial charge in [-0.25, -0.2) is 0 Å². The Morgan fingerprint density at radius 3 is 2.82 bits per heavy atom. The summed E-state index contributed by atoms with van der Waals surface area (Å²) in [7, 11) is 0. The summed E-state index contributed by atoms with van der Waals surface area (Å²) in [5.41, 5.74) is 1.01. The molecule has 1 aromatic heterocycles. The maximum absolute atomic E-state index is 6.12. The molecule has 1 unspecified atom stereocenters. The molecule has 1 atom stereocenters. The van der Waals surface area contributed by atoms with E-state index in [0.717, 1.165) is 11.3 Å². The second kappa shape index (κ2) is 5.54. The van der Waals surface area contributed by atoms with Crippen molar-refractivity contribution in [1.82, 2.24) is 10.5 Å². The summed E-state index contributed by atoms with van der Waals surface area (Å²) in [4.78, 5) is 0. The largest absolute Gasteiger partial charge is 0.360 e. The summed E-state index contributed by atoms with van der Waals surface area (Å²) in [5, 5.41) is 8.25. The van der Waals surface area contributed by atoms with E-state index in [9.17, 15) is 0 Å². The van der Waals surface area contributed by atoms with Gasteiger partial charge in [-0.05, 0) is 24.6 Å². The minimum absolute atomic E-state index is 0.116. The summed E-state index contributed by atoms with van der Waals surface area (Å²) < 4.78 is 5.00. The number of aromatic nitrogens is 1. The van der Waals surface area contributed by atoms with Gasteiger partial charge in [0, 0.05) is 22.2 Å². The quantitative estimate of drug-likeness (QED) is 0.918. The van der Waals surface area contributed by atoms with Gasteiger partial charge in [0.15, 0.2) is 0 Å². The summed E-state index contributed by atoms with van der Waals surface area (Å²) in [5.74, 6) is 0.793. The molecule has 0 bridgehead atoms. The van der Waals surface area contributed by atoms with Crippen LogP contribution >= 0.6 is 23.2 Å². The Bertz CT molecular complexity index is 485. The molecule has 1 heterocycles. The van der Waals surface area contributed by atoms with E-state index in [4.69, 9.17) is 27.7 Å². The lowest BCUT2D eigenvalue weighted by molar-refractivity contribution is 0.366. The third kappa shape index (κ3) is 3.22. The minimum atomic E-state index is 0.116. The van der Waals surface area contributed by atoms with Crippen LogP contribution in [0.1, 0.15) is 24.3 Å². The molecule has 0 amide bonds. The second-order valence-corrected chi connectivity index (χ2v) is 4.59. The zero-order chi connectivity index (χ0) is 12.3. The van der Waals surface area contributed by atoms with Crippen molar-refractivity contribution in [1.29, 1.82) is 0 Å². The highest BCUT2D eigenvalue weighted by Crippen LogP contribution is 2.26. The number of halogens is 2. The van der Waals surface area contributed by atoms with Crippen molar-refractivity contribution in [3.63, 3.8) is 0 Å². The van der Waals surface area contributed by atoms with Crippen molar-refractivity contribution in [3.05, 3.63) is 51.8 Å². The monoisotopic (exact) mass is 270 g/mol. The van der Waals surface area contributed by atoms with E-state index in [1.54, 1.807) is 12.3 Å². The minimum Gasteiger partial charge on any atom is -0.360 e. The number of benzene rings is 1. The van der Waals surface area contributed by atoms with Gasteiger partial charge in [-0.3, -0.25) is 0 Å². The van der Waals surface area contributed by atoms with Crippen LogP contribution in [0.4, 0.5) is 0 Å². The van der Waals surface area contributed by atoms with Crippen molar-refractivity contribution in [2.24, 2.45) is 0 Å². The number of nitrogens with zero attached hydrogens (tertiary/aromatic N) is 1. The molecule has 0 radical (unpaired) electrons. The highest BCUT2D eigenvalue weighted by molar-refractivity contribution is 6.35. The van der Waals surface area contributed by atoms with Crippen LogP contribution in [-0.4, -0.2) is 5.16 Å². The predicted octanol–water partition coefficient (Wildman–Crippen LogP) is 3.83. The first-order valence-corrected chi connectivity index (χ1v) is 6.00. The van der Waals surface area contributed by atoms with Crippen LogP contribution in [0.5, 0.6) is 0 Å². The molecule has 2 rings (SSSR count). The van der Waals surface area contributed by atoms with E-state index >= 15 is 0 Å². The van der Waals surface area contributed by atoms with E-state index in [2.05, 4.69) is 10.5 Å². The summed E-state index contributed by atoms with van der Waals surface area (Å²) in [6, 6.07) is 7.43. The lowest BCUT2D eigenvalue weighted by Crippen LogP contribution is -2.18. The van der Waals surface area contributed by atoms with Crippen LogP contribution in [0, 0.1) is 0 Å². The molecule has 0 aliphatic rings. The van der Waals surface area contributed by atoms with Crippen LogP contribution in [-0.2, 0) is 6.54 Å². The van der Waals surface area contributed by atoms with Crippen molar-refractivity contribution in [2.45, 2.75) is 19.5 Å². The third-order valence-corrected chi connectivity index (χ3v) is 3.07. The first-order chi connectivity index (χ1) is 8.16. The van der Waals surface area contributed by atoms with Crippen molar-refractivity contribution < 1.29 is 4.52 Å². The van der Waals surface area contributed by atoms with E-state index in [-0.39, 0.29) is 6.04 Å². The first-order valence-electron chi connectivity index (χ1n) is 5.24. The van der Waals surface area contributed by atoms with Gasteiger partial charge in [-0.2, -0.15) is 0 Å². The Balaban J connectivity index is 2.01. The van der Waals surface area contributed by atoms with Crippen LogP contribution in [0.25, 0.3) is 0 Å². The third-order valence-electron chi connectivity index (χ3n) is 2.50. The Hall–Kier alpha value is -1.03. The molecule has 5 heteroatoms. The molecule has 0 saturated heterocycles. The molecule has 0 spiro atoms. The number of rotatable bonds is 4. The number of hydrogen-bond acceptors (Lipinski definition) is 3. The lowest BCUT2D eigenvalue weighted by atomic mass is 10.1. The molecule has 3 nitrogen and oxygen atoms in total. The molecule has 0 saturated carbocycles. The highest BCUT2D eigenvalue weighted by Gasteiger charge is 2.10. The van der Waals surface area contributed by atoms with Gasteiger partial charge in [-0.15, -0.1) is 0 Å². The number of nitrogens with one attached hydrogen (secondary N) is 1. The van der Waals surface area contributed by atoms with E-state index in [1.165, 1.54) is 0 Å². The zero-order valence-corrected chi connectivity index (χ0v) is 10.8. The Morgan fingerprint density at radius 1 is 1.35 bits per heavy atom. The molecule has 0 aliphatic carbocycles. The van der Waals surface area contributed by atoms with Gasteiger partial charge in [0.1, 0.15) is 5.76 Å². The van der Waals surface area contributed by atoms with Gasteiger partial charge < -0.3 is 9.84 Å². The summed E-state index contributed by atoms with van der Waals surface area (Å²) in [6.45, 7) is 2.64. The van der Waals surface area contributed by atoms with Gasteiger partial charge >= 0.3 is 0 Å². The lowest BCUT2D eigenvalue weighted by Gasteiger charge is -2.14. The topological polar surface area (TPSA) is 38.1 Å². The zero-order valence-electron chi connectivity index (χ0n) is 9.28. The van der Waals surface area contributed by atoms with Gasteiger partial charge in [0.25, 0.3) is 0 Å². The molecule has 1 N–H and O–H groups in total. The molecule has 90 valence electrons. The predicted molar refractivity (Wildman–Crippen MR) is 68.2 cm³/mol. The molecule has 2 aromatic rings. The Kier molecular flexibility index (Phi) is 4.05.